The third-order valence-corrected chi connectivity index (χ3v) is 3.27. The summed E-state index contributed by atoms with van der Waals surface area (Å²) in [5, 5.41) is 0.0930. The van der Waals surface area contributed by atoms with Crippen molar-refractivity contribution in [3.8, 4) is 11.3 Å². The van der Waals surface area contributed by atoms with Crippen molar-refractivity contribution < 1.29 is 4.39 Å². The molecule has 0 saturated heterocycles. The fourth-order valence-corrected chi connectivity index (χ4v) is 2.25. The number of nitrogens with zero attached hydrogens (tertiary/aromatic N) is 3. The number of benzene rings is 1. The minimum atomic E-state index is -0.431. The maximum Gasteiger partial charge on any atom is 0.234 e. The van der Waals surface area contributed by atoms with Crippen molar-refractivity contribution >= 4 is 17.4 Å². The van der Waals surface area contributed by atoms with Gasteiger partial charge in [0.05, 0.1) is 10.7 Å². The average Bonchev–Trinajstić information content (AvgIpc) is 2.76. The van der Waals surface area contributed by atoms with Crippen LogP contribution >= 0.6 is 11.6 Å². The van der Waals surface area contributed by atoms with E-state index in [2.05, 4.69) is 9.97 Å². The predicted octanol–water partition coefficient (Wildman–Crippen LogP) is 3.81. The molecule has 96 valence electrons. The second-order valence-corrected chi connectivity index (χ2v) is 4.87. The molecule has 0 aliphatic heterocycles. The zero-order chi connectivity index (χ0) is 13.6. The van der Waals surface area contributed by atoms with Crippen LogP contribution in [0.3, 0.4) is 0 Å². The van der Waals surface area contributed by atoms with Crippen molar-refractivity contribution in [3.63, 3.8) is 0 Å². The number of hydrogen-bond acceptors (Lipinski definition) is 2. The van der Waals surface area contributed by atoms with Crippen LogP contribution < -0.4 is 0 Å². The Morgan fingerprint density at radius 1 is 1.16 bits per heavy atom. The molecule has 0 bridgehead atoms. The molecule has 3 nitrogen and oxygen atoms in total. The maximum absolute atomic E-state index is 13.2. The summed E-state index contributed by atoms with van der Waals surface area (Å²) in [6.07, 6.45) is 1.88. The molecule has 2 aromatic heterocycles. The van der Waals surface area contributed by atoms with E-state index in [4.69, 9.17) is 11.6 Å². The Balaban J connectivity index is 2.20. The molecule has 5 heteroatoms. The molecule has 3 aromatic rings. The molecule has 0 unspecified atom stereocenters. The zero-order valence-corrected chi connectivity index (χ0v) is 11.2. The highest BCUT2D eigenvalue weighted by Crippen LogP contribution is 2.24. The molecule has 1 aromatic carbocycles. The molecule has 0 atom stereocenters. The fourth-order valence-electron chi connectivity index (χ4n) is 2.07. The van der Waals surface area contributed by atoms with Gasteiger partial charge in [-0.25, -0.2) is 14.4 Å². The van der Waals surface area contributed by atoms with E-state index in [1.165, 1.54) is 6.07 Å². The Morgan fingerprint density at radius 3 is 2.68 bits per heavy atom. The van der Waals surface area contributed by atoms with Gasteiger partial charge >= 0.3 is 0 Å². The lowest BCUT2D eigenvalue weighted by molar-refractivity contribution is 0.628. The summed E-state index contributed by atoms with van der Waals surface area (Å²) in [7, 11) is 0. The third kappa shape index (κ3) is 2.08. The quantitative estimate of drug-likeness (QED) is 0.676. The second-order valence-electron chi connectivity index (χ2n) is 4.46. The second kappa shape index (κ2) is 4.31. The molecular weight excluding hydrogens is 265 g/mol. The summed E-state index contributed by atoms with van der Waals surface area (Å²) in [6.45, 7) is 3.92. The van der Waals surface area contributed by atoms with Gasteiger partial charge in [-0.05, 0) is 38.1 Å². The first-order chi connectivity index (χ1) is 9.04. The molecule has 0 aliphatic carbocycles. The van der Waals surface area contributed by atoms with Crippen molar-refractivity contribution in [3.05, 3.63) is 52.7 Å². The zero-order valence-electron chi connectivity index (χ0n) is 10.5. The van der Waals surface area contributed by atoms with Gasteiger partial charge < -0.3 is 0 Å². The molecule has 2 heterocycles. The van der Waals surface area contributed by atoms with E-state index in [9.17, 15) is 4.39 Å². The van der Waals surface area contributed by atoms with Crippen molar-refractivity contribution in [2.24, 2.45) is 0 Å². The van der Waals surface area contributed by atoms with E-state index in [0.29, 0.717) is 5.78 Å². The number of aryl methyl sites for hydroxylation is 2. The number of hydrogen-bond donors (Lipinski definition) is 0. The summed E-state index contributed by atoms with van der Waals surface area (Å²) in [5.41, 5.74) is 3.46. The van der Waals surface area contributed by atoms with Gasteiger partial charge in [-0.3, -0.25) is 4.40 Å². The largest absolute Gasteiger partial charge is 0.288 e. The lowest BCUT2D eigenvalue weighted by Crippen LogP contribution is -1.94. The number of aromatic nitrogens is 3. The Kier molecular flexibility index (Phi) is 2.75. The number of imidazole rings is 1. The van der Waals surface area contributed by atoms with Crippen LogP contribution in [0.2, 0.25) is 5.02 Å². The summed E-state index contributed by atoms with van der Waals surface area (Å²) >= 11 is 5.79. The first-order valence-electron chi connectivity index (χ1n) is 5.83. The van der Waals surface area contributed by atoms with Gasteiger partial charge in [-0.1, -0.05) is 11.6 Å². The minimum Gasteiger partial charge on any atom is -0.288 e. The highest BCUT2D eigenvalue weighted by molar-refractivity contribution is 6.31. The van der Waals surface area contributed by atoms with Crippen molar-refractivity contribution in [2.75, 3.05) is 0 Å². The highest BCUT2D eigenvalue weighted by Gasteiger charge is 2.09. The van der Waals surface area contributed by atoms with Gasteiger partial charge in [0.1, 0.15) is 5.82 Å². The predicted molar refractivity (Wildman–Crippen MR) is 72.9 cm³/mol. The van der Waals surface area contributed by atoms with Crippen molar-refractivity contribution in [1.82, 2.24) is 14.4 Å². The molecule has 0 saturated carbocycles. The normalized spacial score (nSPS) is 11.2. The molecule has 0 N–H and O–H groups in total. The van der Waals surface area contributed by atoms with Gasteiger partial charge in [0, 0.05) is 23.1 Å². The monoisotopic (exact) mass is 275 g/mol. The highest BCUT2D eigenvalue weighted by atomic mass is 35.5. The first kappa shape index (κ1) is 12.1. The number of fused-ring (bicyclic) bond motifs is 1. The van der Waals surface area contributed by atoms with Crippen molar-refractivity contribution in [1.29, 1.82) is 0 Å². The molecular formula is C14H11ClFN3. The van der Waals surface area contributed by atoms with Crippen molar-refractivity contribution in [2.45, 2.75) is 13.8 Å². The molecule has 3 rings (SSSR count). The molecule has 0 radical (unpaired) electrons. The van der Waals surface area contributed by atoms with E-state index in [0.717, 1.165) is 22.6 Å². The van der Waals surface area contributed by atoms with Crippen LogP contribution in [0.1, 0.15) is 11.4 Å². The van der Waals surface area contributed by atoms with E-state index >= 15 is 0 Å². The van der Waals surface area contributed by atoms with Gasteiger partial charge in [-0.2, -0.15) is 0 Å². The lowest BCUT2D eigenvalue weighted by atomic mass is 10.2. The summed E-state index contributed by atoms with van der Waals surface area (Å²) in [4.78, 5) is 8.81. The van der Waals surface area contributed by atoms with Gasteiger partial charge in [-0.15, -0.1) is 0 Å². The summed E-state index contributed by atoms with van der Waals surface area (Å²) in [5.74, 6) is 0.201. The van der Waals surface area contributed by atoms with Crippen LogP contribution in [0.25, 0.3) is 17.0 Å². The van der Waals surface area contributed by atoms with Crippen LogP contribution in [-0.2, 0) is 0 Å². The number of rotatable bonds is 1. The molecule has 0 fully saturated rings. The fraction of sp³-hybridized carbons (Fsp3) is 0.143. The average molecular weight is 276 g/mol. The third-order valence-electron chi connectivity index (χ3n) is 2.98. The van der Waals surface area contributed by atoms with Gasteiger partial charge in [0.25, 0.3) is 0 Å². The van der Waals surface area contributed by atoms with Gasteiger partial charge in [0.15, 0.2) is 0 Å². The topological polar surface area (TPSA) is 30.2 Å². The standard InChI is InChI=1S/C14H11ClFN3/c1-8-5-9(2)19-7-13(18-14(19)17-8)10-3-4-12(16)11(15)6-10/h3-7H,1-2H3. The first-order valence-corrected chi connectivity index (χ1v) is 6.21. The maximum atomic E-state index is 13.2. The Bertz CT molecular complexity index is 780. The van der Waals surface area contributed by atoms with Crippen LogP contribution in [0.5, 0.6) is 0 Å². The van der Waals surface area contributed by atoms with Crippen LogP contribution in [0, 0.1) is 19.7 Å². The smallest absolute Gasteiger partial charge is 0.234 e. The minimum absolute atomic E-state index is 0.0930. The number of halogens is 2. The van der Waals surface area contributed by atoms with Crippen LogP contribution in [0.4, 0.5) is 4.39 Å². The van der Waals surface area contributed by atoms with E-state index < -0.39 is 5.82 Å². The Morgan fingerprint density at radius 2 is 1.95 bits per heavy atom. The molecule has 0 spiro atoms. The Labute approximate surface area is 114 Å². The Hall–Kier alpha value is -1.94. The summed E-state index contributed by atoms with van der Waals surface area (Å²) in [6, 6.07) is 6.55. The van der Waals surface area contributed by atoms with E-state index in [1.54, 1.807) is 12.1 Å². The lowest BCUT2D eigenvalue weighted by Gasteiger charge is -1.99. The molecule has 0 aliphatic rings. The van der Waals surface area contributed by atoms with Crippen LogP contribution in [0.15, 0.2) is 30.5 Å². The van der Waals surface area contributed by atoms with E-state index in [1.807, 2.05) is 30.5 Å². The summed E-state index contributed by atoms with van der Waals surface area (Å²) < 4.78 is 15.1. The molecule has 0 amide bonds. The SMILES string of the molecule is Cc1cc(C)n2cc(-c3ccc(F)c(Cl)c3)nc2n1. The van der Waals surface area contributed by atoms with Crippen LogP contribution in [-0.4, -0.2) is 14.4 Å². The molecule has 19 heavy (non-hydrogen) atoms. The van der Waals surface area contributed by atoms with Gasteiger partial charge in [0.2, 0.25) is 5.78 Å². The van der Waals surface area contributed by atoms with E-state index in [-0.39, 0.29) is 5.02 Å².